The number of nitrogens with zero attached hydrogens (tertiary/aromatic N) is 6. The lowest BCUT2D eigenvalue weighted by atomic mass is 10.2. The van der Waals surface area contributed by atoms with Crippen LogP contribution in [-0.4, -0.2) is 31.9 Å². The Bertz CT molecular complexity index is 1100. The van der Waals surface area contributed by atoms with E-state index in [4.69, 9.17) is 21.1 Å². The largest absolute Gasteiger partial charge is 0.753 e. The zero-order valence-corrected chi connectivity index (χ0v) is 21.3. The van der Waals surface area contributed by atoms with Crippen LogP contribution in [0.15, 0.2) is 52.7 Å². The number of methoxy groups -OCH3 is 1. The van der Waals surface area contributed by atoms with E-state index in [2.05, 4.69) is 59.0 Å². The van der Waals surface area contributed by atoms with Crippen LogP contribution < -0.4 is 19.9 Å². The summed E-state index contributed by atoms with van der Waals surface area (Å²) in [5.41, 5.74) is 8.76. The van der Waals surface area contributed by atoms with Gasteiger partial charge in [-0.15, -0.1) is 0 Å². The van der Waals surface area contributed by atoms with Crippen molar-refractivity contribution >= 4 is 68.1 Å². The topological polar surface area (TPSA) is 113 Å². The van der Waals surface area contributed by atoms with Gasteiger partial charge in [-0.25, -0.2) is 4.57 Å². The van der Waals surface area contributed by atoms with E-state index in [0.717, 1.165) is 46.3 Å². The molecule has 0 atom stereocenters. The van der Waals surface area contributed by atoms with E-state index >= 15 is 0 Å². The summed E-state index contributed by atoms with van der Waals surface area (Å²) in [7, 11) is 3.67. The molecule has 174 valence electrons. The van der Waals surface area contributed by atoms with Crippen molar-refractivity contribution in [2.24, 2.45) is 23.0 Å². The second-order valence-corrected chi connectivity index (χ2v) is 7.80. The Balaban J connectivity index is 0.000000819. The maximum Gasteiger partial charge on any atom is 0.409 e. The molecule has 0 amide bonds. The number of aromatic nitrogens is 1. The molecule has 0 saturated heterocycles. The second kappa shape index (κ2) is 15.9. The van der Waals surface area contributed by atoms with Crippen molar-refractivity contribution in [3.63, 3.8) is 0 Å². The second-order valence-electron chi connectivity index (χ2n) is 6.41. The summed E-state index contributed by atoms with van der Waals surface area (Å²) in [4.78, 5) is 2.31. The molecule has 0 unspecified atom stereocenters. The number of azo groups is 1. The molecule has 2 N–H and O–H groups in total. The molecule has 0 aliphatic carbocycles. The van der Waals surface area contributed by atoms with E-state index in [-0.39, 0.29) is 0 Å². The number of benzene rings is 2. The van der Waals surface area contributed by atoms with Gasteiger partial charge >= 0.3 is 5.13 Å². The lowest BCUT2D eigenvalue weighted by Crippen LogP contribution is -2.25. The van der Waals surface area contributed by atoms with Crippen molar-refractivity contribution in [2.75, 3.05) is 31.6 Å². The number of rotatable bonds is 8. The van der Waals surface area contributed by atoms with Gasteiger partial charge in [0, 0.05) is 24.8 Å². The van der Waals surface area contributed by atoms with Gasteiger partial charge in [-0.2, -0.15) is 10.4 Å². The van der Waals surface area contributed by atoms with Crippen molar-refractivity contribution in [1.82, 2.24) is 0 Å². The minimum Gasteiger partial charge on any atom is -0.753 e. The molecule has 8 nitrogen and oxygen atoms in total. The van der Waals surface area contributed by atoms with Crippen LogP contribution in [0.3, 0.4) is 0 Å². The summed E-state index contributed by atoms with van der Waals surface area (Å²) in [6, 6.07) is 14.2. The lowest BCUT2D eigenvalue weighted by molar-refractivity contribution is -0.627. The van der Waals surface area contributed by atoms with Gasteiger partial charge in [-0.05, 0) is 72.7 Å². The van der Waals surface area contributed by atoms with Crippen LogP contribution in [0.1, 0.15) is 13.3 Å². The Morgan fingerprint density at radius 3 is 2.45 bits per heavy atom. The number of ether oxygens (including phenoxy) is 1. The number of nitriles is 1. The van der Waals surface area contributed by atoms with Crippen LogP contribution in [0.5, 0.6) is 5.75 Å². The fourth-order valence-corrected chi connectivity index (χ4v) is 3.92. The average Bonchev–Trinajstić information content (AvgIpc) is 3.14. The monoisotopic (exact) mass is 501 g/mol. The van der Waals surface area contributed by atoms with E-state index in [9.17, 15) is 0 Å². The van der Waals surface area contributed by atoms with E-state index in [0.29, 0.717) is 6.54 Å². The summed E-state index contributed by atoms with van der Waals surface area (Å²) in [6.45, 7) is 4.79. The predicted molar refractivity (Wildman–Crippen MR) is 142 cm³/mol. The SMILES string of the molecule is CCN(CCCN)c1ccc(N=Nc2sc3cc(OC)ccc3[n+]2C)cc1.N#CS.[N-]=C=S. The van der Waals surface area contributed by atoms with E-state index in [1.165, 1.54) is 16.2 Å². The standard InChI is InChI=1S/C20H26N5OS.CHNS.CNS/c1-4-25(13-5-12-21)16-8-6-15(7-9-16)22-23-20-24(2)18-11-10-17(26-3)14-19(18)27-20;2*2-1-3/h6-11,14H,4-5,12-13,21H2,1-3H3;3H;/q+1;;-1. The molecule has 2 aromatic carbocycles. The van der Waals surface area contributed by atoms with Crippen LogP contribution in [0.4, 0.5) is 16.5 Å². The summed E-state index contributed by atoms with van der Waals surface area (Å²) >= 11 is 8.39. The number of thiocarbonyl (C=S) groups is 1. The predicted octanol–water partition coefficient (Wildman–Crippen LogP) is 5.38. The molecule has 1 heterocycles. The van der Waals surface area contributed by atoms with Gasteiger partial charge in [0.05, 0.1) is 24.0 Å². The number of hydrogen-bond donors (Lipinski definition) is 2. The lowest BCUT2D eigenvalue weighted by Gasteiger charge is -2.22. The molecule has 33 heavy (non-hydrogen) atoms. The Morgan fingerprint density at radius 2 is 1.91 bits per heavy atom. The minimum absolute atomic E-state index is 0.709. The Hall–Kier alpha value is -2.87. The van der Waals surface area contributed by atoms with Crippen LogP contribution >= 0.6 is 36.2 Å². The summed E-state index contributed by atoms with van der Waals surface area (Å²) in [5, 5.41) is 26.8. The van der Waals surface area contributed by atoms with E-state index in [1.54, 1.807) is 18.4 Å². The highest BCUT2D eigenvalue weighted by Gasteiger charge is 2.16. The Morgan fingerprint density at radius 1 is 1.27 bits per heavy atom. The number of thiocyanates is 1. The molecule has 1 aromatic heterocycles. The number of thiazole rings is 1. The van der Waals surface area contributed by atoms with Crippen molar-refractivity contribution in [2.45, 2.75) is 13.3 Å². The van der Waals surface area contributed by atoms with Crippen molar-refractivity contribution in [1.29, 1.82) is 5.26 Å². The van der Waals surface area contributed by atoms with Gasteiger partial charge in [0.1, 0.15) is 22.4 Å². The van der Waals surface area contributed by atoms with Crippen molar-refractivity contribution in [3.05, 3.63) is 47.9 Å². The number of nitrogens with two attached hydrogens (primary N) is 1. The molecule has 0 aliphatic heterocycles. The first-order valence-electron chi connectivity index (χ1n) is 9.97. The summed E-state index contributed by atoms with van der Waals surface area (Å²) in [6.07, 6.45) is 0.989. The van der Waals surface area contributed by atoms with Crippen LogP contribution in [0.25, 0.3) is 15.6 Å². The third-order valence-electron chi connectivity index (χ3n) is 4.50. The molecular formula is C22H27N7OS3. The van der Waals surface area contributed by atoms with E-state index < -0.39 is 0 Å². The maximum atomic E-state index is 7.18. The highest BCUT2D eigenvalue weighted by atomic mass is 32.1. The van der Waals surface area contributed by atoms with Crippen molar-refractivity contribution in [3.8, 4) is 11.2 Å². The first-order chi connectivity index (χ1) is 16.0. The van der Waals surface area contributed by atoms with Gasteiger partial charge in [-0.1, -0.05) is 24.8 Å². The molecular weight excluding hydrogens is 474 g/mol. The molecule has 0 bridgehead atoms. The first-order valence-corrected chi connectivity index (χ1v) is 11.6. The number of fused-ring (bicyclic) bond motifs is 1. The van der Waals surface area contributed by atoms with Gasteiger partial charge in [0.25, 0.3) is 0 Å². The molecule has 0 saturated carbocycles. The zero-order valence-electron chi connectivity index (χ0n) is 18.8. The van der Waals surface area contributed by atoms with Gasteiger partial charge in [-0.3, -0.25) is 0 Å². The van der Waals surface area contributed by atoms with Crippen molar-refractivity contribution < 1.29 is 9.30 Å². The minimum atomic E-state index is 0.709. The number of aryl methyl sites for hydroxylation is 1. The van der Waals surface area contributed by atoms with E-state index in [1.807, 2.05) is 41.9 Å². The number of thiol groups is 1. The molecule has 3 rings (SSSR count). The molecule has 0 spiro atoms. The number of isothiocyanates is 1. The molecule has 0 aliphatic rings. The van der Waals surface area contributed by atoms with Gasteiger partial charge < -0.3 is 20.8 Å². The normalized spacial score (nSPS) is 9.82. The van der Waals surface area contributed by atoms with Crippen LogP contribution in [-0.2, 0) is 7.05 Å². The first kappa shape index (κ1) is 28.2. The molecule has 11 heteroatoms. The maximum absolute atomic E-state index is 7.18. The summed E-state index contributed by atoms with van der Waals surface area (Å²) < 4.78 is 8.47. The molecule has 0 fully saturated rings. The number of hydrogen-bond acceptors (Lipinski definition) is 9. The highest BCUT2D eigenvalue weighted by Crippen LogP contribution is 2.30. The average molecular weight is 502 g/mol. The van der Waals surface area contributed by atoms with Gasteiger partial charge in [0.15, 0.2) is 0 Å². The quantitative estimate of drug-likeness (QED) is 0.107. The Labute approximate surface area is 209 Å². The molecule has 0 radical (unpaired) electrons. The third-order valence-corrected chi connectivity index (χ3v) is 5.58. The van der Waals surface area contributed by atoms with Crippen LogP contribution in [0, 0.1) is 10.7 Å². The highest BCUT2D eigenvalue weighted by molar-refractivity contribution is 7.85. The molecule has 3 aromatic rings. The zero-order chi connectivity index (χ0) is 24.6. The third kappa shape index (κ3) is 8.88. The summed E-state index contributed by atoms with van der Waals surface area (Å²) in [5.74, 6) is 0.846. The smallest absolute Gasteiger partial charge is 0.409 e. The fourth-order valence-electron chi connectivity index (χ4n) is 2.92. The van der Waals surface area contributed by atoms with Crippen LogP contribution in [0.2, 0.25) is 0 Å². The Kier molecular flexibility index (Phi) is 13.5. The van der Waals surface area contributed by atoms with Gasteiger partial charge in [0.2, 0.25) is 0 Å². The fraction of sp³-hybridized carbons (Fsp3) is 0.318. The number of anilines is 1.